The number of carbonyl (C=O) groups is 2. The minimum absolute atomic E-state index is 0.139. The van der Waals surface area contributed by atoms with Crippen LogP contribution in [-0.4, -0.2) is 25.2 Å². The summed E-state index contributed by atoms with van der Waals surface area (Å²) < 4.78 is 10.4. The lowest BCUT2D eigenvalue weighted by Crippen LogP contribution is -2.15. The maximum atomic E-state index is 12.3. The molecule has 0 saturated heterocycles. The number of anilines is 1. The number of nitrogens with one attached hydrogen (secondary N) is 1. The lowest BCUT2D eigenvalue weighted by molar-refractivity contribution is -0.115. The fourth-order valence-electron chi connectivity index (χ4n) is 2.10. The van der Waals surface area contributed by atoms with E-state index < -0.39 is 0 Å². The van der Waals surface area contributed by atoms with Gasteiger partial charge in [0.15, 0.2) is 0 Å². The van der Waals surface area contributed by atoms with Crippen LogP contribution in [0.25, 0.3) is 0 Å². The van der Waals surface area contributed by atoms with E-state index in [9.17, 15) is 9.59 Å². The maximum absolute atomic E-state index is 12.3. The standard InChI is InChI=1S/C16H17NO4S2/c1-9-12(8-14(23-9)16(19)22)17-15(18)7-10-6-11(20-2)4-5-13(10)21-3/h4-6,8H,7H2,1-3H3,(H,17,18)(H,19,22). The molecule has 0 aliphatic rings. The van der Waals surface area contributed by atoms with Crippen molar-refractivity contribution in [3.05, 3.63) is 39.6 Å². The van der Waals surface area contributed by atoms with Gasteiger partial charge in [-0.05, 0) is 31.2 Å². The lowest BCUT2D eigenvalue weighted by Gasteiger charge is -2.10. The Balaban J connectivity index is 2.15. The zero-order chi connectivity index (χ0) is 17.0. The average Bonchev–Trinajstić information content (AvgIpc) is 2.88. The molecule has 0 bridgehead atoms. The monoisotopic (exact) mass is 351 g/mol. The van der Waals surface area contributed by atoms with Crippen molar-refractivity contribution in [1.29, 1.82) is 0 Å². The van der Waals surface area contributed by atoms with Gasteiger partial charge in [0.1, 0.15) is 11.5 Å². The number of hydrogen-bond acceptors (Lipinski definition) is 5. The number of amides is 1. The van der Waals surface area contributed by atoms with E-state index in [0.717, 1.165) is 10.4 Å². The van der Waals surface area contributed by atoms with Gasteiger partial charge in [0.2, 0.25) is 11.0 Å². The molecular formula is C16H17NO4S2. The third-order valence-electron chi connectivity index (χ3n) is 3.24. The predicted molar refractivity (Wildman–Crippen MR) is 94.3 cm³/mol. The van der Waals surface area contributed by atoms with Crippen LogP contribution in [0.5, 0.6) is 11.5 Å². The summed E-state index contributed by atoms with van der Waals surface area (Å²) in [5, 5.41) is 2.50. The Labute approximate surface area is 144 Å². The second kappa shape index (κ2) is 7.52. The molecule has 2 rings (SSSR count). The number of methoxy groups -OCH3 is 2. The summed E-state index contributed by atoms with van der Waals surface area (Å²) in [5.74, 6) is 1.08. The van der Waals surface area contributed by atoms with Gasteiger partial charge >= 0.3 is 0 Å². The third-order valence-corrected chi connectivity index (χ3v) is 4.68. The third kappa shape index (κ3) is 4.27. The van der Waals surface area contributed by atoms with Gasteiger partial charge < -0.3 is 14.8 Å². The predicted octanol–water partition coefficient (Wildman–Crippen LogP) is 3.32. The summed E-state index contributed by atoms with van der Waals surface area (Å²) in [6.07, 6.45) is 0.139. The number of carbonyl (C=O) groups excluding carboxylic acids is 2. The van der Waals surface area contributed by atoms with Crippen molar-refractivity contribution in [1.82, 2.24) is 0 Å². The molecule has 0 atom stereocenters. The van der Waals surface area contributed by atoms with Gasteiger partial charge in [-0.3, -0.25) is 9.59 Å². The second-order valence-electron chi connectivity index (χ2n) is 4.79. The zero-order valence-electron chi connectivity index (χ0n) is 13.0. The molecule has 0 fully saturated rings. The Hall–Kier alpha value is -1.99. The van der Waals surface area contributed by atoms with Crippen LogP contribution in [0.2, 0.25) is 0 Å². The van der Waals surface area contributed by atoms with Crippen LogP contribution < -0.4 is 14.8 Å². The summed E-state index contributed by atoms with van der Waals surface area (Å²) in [6.45, 7) is 1.84. The van der Waals surface area contributed by atoms with Crippen molar-refractivity contribution >= 4 is 40.7 Å². The molecule has 0 aliphatic carbocycles. The van der Waals surface area contributed by atoms with Crippen LogP contribution >= 0.6 is 24.0 Å². The molecule has 0 radical (unpaired) electrons. The smallest absolute Gasteiger partial charge is 0.228 e. The topological polar surface area (TPSA) is 64.6 Å². The summed E-state index contributed by atoms with van der Waals surface area (Å²) in [4.78, 5) is 24.9. The minimum atomic E-state index is -0.312. The van der Waals surface area contributed by atoms with Crippen molar-refractivity contribution in [2.75, 3.05) is 19.5 Å². The van der Waals surface area contributed by atoms with E-state index in [-0.39, 0.29) is 17.4 Å². The van der Waals surface area contributed by atoms with E-state index in [1.54, 1.807) is 38.5 Å². The summed E-state index contributed by atoms with van der Waals surface area (Å²) in [5.41, 5.74) is 1.35. The van der Waals surface area contributed by atoms with Crippen molar-refractivity contribution in [2.45, 2.75) is 13.3 Å². The van der Waals surface area contributed by atoms with Crippen molar-refractivity contribution in [3.8, 4) is 11.5 Å². The van der Waals surface area contributed by atoms with Crippen LogP contribution in [0.15, 0.2) is 24.3 Å². The molecule has 7 heteroatoms. The number of thiol groups is 1. The lowest BCUT2D eigenvalue weighted by atomic mass is 10.1. The molecule has 1 heterocycles. The Morgan fingerprint density at radius 2 is 1.96 bits per heavy atom. The maximum Gasteiger partial charge on any atom is 0.228 e. The molecule has 0 spiro atoms. The summed E-state index contributed by atoms with van der Waals surface area (Å²) >= 11 is 5.09. The molecule has 1 amide bonds. The number of aryl methyl sites for hydroxylation is 1. The Bertz CT molecular complexity index is 740. The zero-order valence-corrected chi connectivity index (χ0v) is 14.7. The minimum Gasteiger partial charge on any atom is -0.497 e. The Morgan fingerprint density at radius 1 is 1.22 bits per heavy atom. The SMILES string of the molecule is COc1ccc(OC)c(CC(=O)Nc2cc(C(=O)S)sc2C)c1. The van der Waals surface area contributed by atoms with Gasteiger partial charge in [-0.25, -0.2) is 0 Å². The molecule has 0 unspecified atom stereocenters. The van der Waals surface area contributed by atoms with Crippen molar-refractivity contribution in [2.24, 2.45) is 0 Å². The molecule has 0 saturated carbocycles. The van der Waals surface area contributed by atoms with E-state index >= 15 is 0 Å². The molecule has 2 aromatic rings. The van der Waals surface area contributed by atoms with E-state index in [4.69, 9.17) is 9.47 Å². The number of hydrogen-bond donors (Lipinski definition) is 2. The molecule has 5 nitrogen and oxygen atoms in total. The molecule has 1 aromatic carbocycles. The Kier molecular flexibility index (Phi) is 5.68. The van der Waals surface area contributed by atoms with Crippen molar-refractivity contribution in [3.63, 3.8) is 0 Å². The molecule has 1 N–H and O–H groups in total. The summed E-state index contributed by atoms with van der Waals surface area (Å²) in [6, 6.07) is 6.93. The normalized spacial score (nSPS) is 10.3. The van der Waals surface area contributed by atoms with E-state index in [0.29, 0.717) is 22.1 Å². The van der Waals surface area contributed by atoms with Gasteiger partial charge in [0.05, 0.1) is 31.2 Å². The van der Waals surface area contributed by atoms with Gasteiger partial charge in [-0.15, -0.1) is 11.3 Å². The van der Waals surface area contributed by atoms with Crippen LogP contribution in [-0.2, 0) is 11.2 Å². The van der Waals surface area contributed by atoms with Crippen molar-refractivity contribution < 1.29 is 19.1 Å². The molecule has 122 valence electrons. The highest BCUT2D eigenvalue weighted by Gasteiger charge is 2.14. The largest absolute Gasteiger partial charge is 0.497 e. The number of benzene rings is 1. The Morgan fingerprint density at radius 3 is 2.52 bits per heavy atom. The first-order valence-corrected chi connectivity index (χ1v) is 8.05. The first-order valence-electron chi connectivity index (χ1n) is 6.79. The molecule has 0 aliphatic heterocycles. The van der Waals surface area contributed by atoms with Gasteiger partial charge in [-0.2, -0.15) is 0 Å². The van der Waals surface area contributed by atoms with Crippen LogP contribution in [0.1, 0.15) is 20.1 Å². The van der Waals surface area contributed by atoms with Gasteiger partial charge in [0, 0.05) is 10.4 Å². The van der Waals surface area contributed by atoms with Gasteiger partial charge in [-0.1, -0.05) is 12.6 Å². The van der Waals surface area contributed by atoms with Crippen LogP contribution in [0.3, 0.4) is 0 Å². The highest BCUT2D eigenvalue weighted by atomic mass is 32.1. The summed E-state index contributed by atoms with van der Waals surface area (Å²) in [7, 11) is 3.12. The molecule has 23 heavy (non-hydrogen) atoms. The molecular weight excluding hydrogens is 334 g/mol. The highest BCUT2D eigenvalue weighted by molar-refractivity contribution is 7.97. The number of ether oxygens (including phenoxy) is 2. The van der Waals surface area contributed by atoms with Gasteiger partial charge in [0.25, 0.3) is 0 Å². The quantitative estimate of drug-likeness (QED) is 0.784. The van der Waals surface area contributed by atoms with E-state index in [1.807, 2.05) is 6.92 Å². The first-order chi connectivity index (χ1) is 10.9. The first kappa shape index (κ1) is 17.4. The average molecular weight is 351 g/mol. The van der Waals surface area contributed by atoms with E-state index in [1.165, 1.54) is 11.3 Å². The van der Waals surface area contributed by atoms with Crippen LogP contribution in [0.4, 0.5) is 5.69 Å². The van der Waals surface area contributed by atoms with E-state index in [2.05, 4.69) is 17.9 Å². The molecule has 1 aromatic heterocycles. The second-order valence-corrected chi connectivity index (χ2v) is 6.45. The number of thiophene rings is 1. The fraction of sp³-hybridized carbons (Fsp3) is 0.250. The van der Waals surface area contributed by atoms with Crippen LogP contribution in [0, 0.1) is 6.92 Å². The highest BCUT2D eigenvalue weighted by Crippen LogP contribution is 2.28. The number of rotatable bonds is 6. The fourth-order valence-corrected chi connectivity index (χ4v) is 3.11.